The summed E-state index contributed by atoms with van der Waals surface area (Å²) in [4.78, 5) is 0. The topological polar surface area (TPSA) is 9.23 Å². The molecule has 1 aliphatic rings. The van der Waals surface area contributed by atoms with Crippen molar-refractivity contribution in [3.8, 4) is 0 Å². The number of hydrogen-bond donors (Lipinski definition) is 0. The molecule has 0 saturated carbocycles. The Kier molecular flexibility index (Phi) is 7.58. The summed E-state index contributed by atoms with van der Waals surface area (Å²) in [5, 5.41) is 0. The zero-order valence-electron chi connectivity index (χ0n) is 14.1. The summed E-state index contributed by atoms with van der Waals surface area (Å²) in [6.45, 7) is 17.3. The van der Waals surface area contributed by atoms with Crippen LogP contribution in [0, 0.1) is 11.8 Å². The minimum atomic E-state index is 0.319. The molecule has 0 spiro atoms. The molecule has 0 aromatic carbocycles. The molecule has 0 amide bonds. The number of hydrogen-bond acceptors (Lipinski definition) is 1. The van der Waals surface area contributed by atoms with E-state index in [1.54, 1.807) is 0 Å². The van der Waals surface area contributed by atoms with E-state index in [2.05, 4.69) is 40.9 Å². The second-order valence-electron chi connectivity index (χ2n) is 6.92. The molecule has 1 fully saturated rings. The van der Waals surface area contributed by atoms with E-state index in [0.29, 0.717) is 18.1 Å². The van der Waals surface area contributed by atoms with Gasteiger partial charge in [0.05, 0.1) is 12.2 Å². The van der Waals surface area contributed by atoms with Crippen molar-refractivity contribution in [2.75, 3.05) is 0 Å². The average molecular weight is 278 g/mol. The van der Waals surface area contributed by atoms with Crippen LogP contribution in [0.1, 0.15) is 72.6 Å². The van der Waals surface area contributed by atoms with Gasteiger partial charge in [-0.1, -0.05) is 52.3 Å². The van der Waals surface area contributed by atoms with E-state index in [9.17, 15) is 0 Å². The van der Waals surface area contributed by atoms with Gasteiger partial charge in [0.1, 0.15) is 0 Å². The monoisotopic (exact) mass is 278 g/mol. The van der Waals surface area contributed by atoms with Crippen molar-refractivity contribution in [2.24, 2.45) is 11.8 Å². The van der Waals surface area contributed by atoms with Gasteiger partial charge in [0.2, 0.25) is 0 Å². The van der Waals surface area contributed by atoms with Crippen molar-refractivity contribution in [3.63, 3.8) is 0 Å². The molecule has 0 radical (unpaired) electrons. The van der Waals surface area contributed by atoms with Crippen LogP contribution in [0.2, 0.25) is 0 Å². The number of rotatable bonds is 9. The summed E-state index contributed by atoms with van der Waals surface area (Å²) in [5.74, 6) is 1.38. The van der Waals surface area contributed by atoms with E-state index in [1.165, 1.54) is 43.3 Å². The predicted molar refractivity (Wildman–Crippen MR) is 88.9 cm³/mol. The van der Waals surface area contributed by atoms with Crippen molar-refractivity contribution in [1.29, 1.82) is 0 Å². The highest BCUT2D eigenvalue weighted by molar-refractivity contribution is 5.09. The van der Waals surface area contributed by atoms with Crippen molar-refractivity contribution in [2.45, 2.75) is 84.8 Å². The van der Waals surface area contributed by atoms with Crippen LogP contribution in [-0.2, 0) is 4.74 Å². The zero-order valence-corrected chi connectivity index (χ0v) is 14.1. The fourth-order valence-corrected chi connectivity index (χ4v) is 3.03. The predicted octanol–water partition coefficient (Wildman–Crippen LogP) is 5.91. The highest BCUT2D eigenvalue weighted by atomic mass is 16.5. The van der Waals surface area contributed by atoms with Gasteiger partial charge >= 0.3 is 0 Å². The van der Waals surface area contributed by atoms with Crippen LogP contribution in [0.15, 0.2) is 24.3 Å². The van der Waals surface area contributed by atoms with Crippen LogP contribution < -0.4 is 0 Å². The van der Waals surface area contributed by atoms with E-state index in [1.807, 2.05) is 0 Å². The van der Waals surface area contributed by atoms with Gasteiger partial charge in [0, 0.05) is 0 Å². The lowest BCUT2D eigenvalue weighted by Gasteiger charge is -2.20. The first-order valence-corrected chi connectivity index (χ1v) is 8.42. The van der Waals surface area contributed by atoms with E-state index < -0.39 is 0 Å². The fraction of sp³-hybridized carbons (Fsp3) is 0.789. The molecule has 0 N–H and O–H groups in total. The molecule has 1 heteroatoms. The number of allylic oxidation sites excluding steroid dienone is 1. The lowest BCUT2D eigenvalue weighted by Crippen LogP contribution is -2.13. The second-order valence-corrected chi connectivity index (χ2v) is 6.92. The third kappa shape index (κ3) is 5.83. The third-order valence-electron chi connectivity index (χ3n) is 4.70. The van der Waals surface area contributed by atoms with Crippen molar-refractivity contribution < 1.29 is 4.74 Å². The maximum absolute atomic E-state index is 6.16. The van der Waals surface area contributed by atoms with Gasteiger partial charge in [-0.2, -0.15) is 0 Å². The molecular formula is C19H34O. The lowest BCUT2D eigenvalue weighted by molar-refractivity contribution is 0.0389. The highest BCUT2D eigenvalue weighted by Gasteiger charge is 2.28. The molecule has 20 heavy (non-hydrogen) atoms. The Morgan fingerprint density at radius 2 is 2.05 bits per heavy atom. The van der Waals surface area contributed by atoms with Gasteiger partial charge < -0.3 is 4.74 Å². The van der Waals surface area contributed by atoms with Crippen molar-refractivity contribution in [3.05, 3.63) is 24.3 Å². The van der Waals surface area contributed by atoms with Gasteiger partial charge in [-0.3, -0.25) is 0 Å². The first-order valence-electron chi connectivity index (χ1n) is 8.42. The van der Waals surface area contributed by atoms with E-state index >= 15 is 0 Å². The summed E-state index contributed by atoms with van der Waals surface area (Å²) in [6, 6.07) is 0. The third-order valence-corrected chi connectivity index (χ3v) is 4.70. The second kappa shape index (κ2) is 8.67. The Labute approximate surface area is 126 Å². The largest absolute Gasteiger partial charge is 0.370 e. The summed E-state index contributed by atoms with van der Waals surface area (Å²) in [6.07, 6.45) is 9.21. The molecule has 0 aromatic heterocycles. The highest BCUT2D eigenvalue weighted by Crippen LogP contribution is 2.32. The van der Waals surface area contributed by atoms with Crippen LogP contribution in [-0.4, -0.2) is 12.2 Å². The van der Waals surface area contributed by atoms with Gasteiger partial charge in [0.15, 0.2) is 0 Å². The molecular weight excluding hydrogens is 244 g/mol. The van der Waals surface area contributed by atoms with Gasteiger partial charge in [-0.15, -0.1) is 0 Å². The van der Waals surface area contributed by atoms with E-state index in [4.69, 9.17) is 4.74 Å². The molecule has 0 aromatic rings. The first-order chi connectivity index (χ1) is 9.43. The van der Waals surface area contributed by atoms with Gasteiger partial charge in [-0.05, 0) is 56.4 Å². The minimum absolute atomic E-state index is 0.319. The quantitative estimate of drug-likeness (QED) is 0.476. The van der Waals surface area contributed by atoms with Gasteiger partial charge in [-0.25, -0.2) is 0 Å². The maximum Gasteiger partial charge on any atom is 0.0787 e. The van der Waals surface area contributed by atoms with E-state index in [-0.39, 0.29) is 0 Å². The average Bonchev–Trinajstić information content (AvgIpc) is 2.74. The first kappa shape index (κ1) is 17.5. The summed E-state index contributed by atoms with van der Waals surface area (Å²) in [7, 11) is 0. The molecule has 0 bridgehead atoms. The van der Waals surface area contributed by atoms with Crippen LogP contribution in [0.25, 0.3) is 0 Å². The van der Waals surface area contributed by atoms with Gasteiger partial charge in [0.25, 0.3) is 0 Å². The smallest absolute Gasteiger partial charge is 0.0787 e. The Balaban J connectivity index is 2.27. The normalized spacial score (nSPS) is 25.7. The van der Waals surface area contributed by atoms with Crippen LogP contribution >= 0.6 is 0 Å². The fourth-order valence-electron chi connectivity index (χ4n) is 3.03. The Morgan fingerprint density at radius 3 is 2.65 bits per heavy atom. The summed E-state index contributed by atoms with van der Waals surface area (Å²) in [5.41, 5.74) is 2.63. The number of unbranched alkanes of at least 4 members (excludes halogenated alkanes) is 1. The molecule has 1 heterocycles. The summed E-state index contributed by atoms with van der Waals surface area (Å²) >= 11 is 0. The molecule has 1 nitrogen and oxygen atoms in total. The molecule has 116 valence electrons. The van der Waals surface area contributed by atoms with Crippen molar-refractivity contribution >= 4 is 0 Å². The Hall–Kier alpha value is -0.560. The number of ether oxygens (including phenoxy) is 1. The lowest BCUT2D eigenvalue weighted by atomic mass is 9.88. The maximum atomic E-state index is 6.16. The molecule has 1 rings (SSSR count). The Morgan fingerprint density at radius 1 is 1.35 bits per heavy atom. The van der Waals surface area contributed by atoms with E-state index in [0.717, 1.165) is 18.8 Å². The van der Waals surface area contributed by atoms with Crippen molar-refractivity contribution in [1.82, 2.24) is 0 Å². The zero-order chi connectivity index (χ0) is 15.1. The molecule has 1 aliphatic heterocycles. The summed E-state index contributed by atoms with van der Waals surface area (Å²) < 4.78 is 6.16. The SMILES string of the molecule is C=C1C[C@H](CCCC)OC1CCC(C)C[C@@H](C)C(=C)C. The van der Waals surface area contributed by atoms with Crippen LogP contribution in [0.5, 0.6) is 0 Å². The molecule has 2 unspecified atom stereocenters. The Bertz CT molecular complexity index is 318. The molecule has 0 aliphatic carbocycles. The molecule has 4 atom stereocenters. The van der Waals surface area contributed by atoms with Crippen LogP contribution in [0.4, 0.5) is 0 Å². The minimum Gasteiger partial charge on any atom is -0.370 e. The molecule has 1 saturated heterocycles. The van der Waals surface area contributed by atoms with Crippen LogP contribution in [0.3, 0.4) is 0 Å². The standard InChI is InChI=1S/C19H34O/c1-7-8-9-18-13-17(6)19(20-18)11-10-15(4)12-16(5)14(2)3/h15-16,18-19H,2,6-13H2,1,3-5H3/t15?,16-,18+,19?/m1/s1.